The number of halogens is 1. The Morgan fingerprint density at radius 2 is 1.96 bits per heavy atom. The first kappa shape index (κ1) is 17.9. The number of hydrogen-bond donors (Lipinski definition) is 0. The lowest BCUT2D eigenvalue weighted by molar-refractivity contribution is 0.311. The minimum Gasteiger partial charge on any atom is -0.493 e. The summed E-state index contributed by atoms with van der Waals surface area (Å²) in [4.78, 5) is 4.46. The average molecular weight is 399 g/mol. The van der Waals surface area contributed by atoms with Gasteiger partial charge in [-0.3, -0.25) is 0 Å². The van der Waals surface area contributed by atoms with E-state index in [1.165, 1.54) is 6.33 Å². The van der Waals surface area contributed by atoms with E-state index in [1.807, 2.05) is 31.2 Å². The number of rotatable bonds is 6. The SMILES string of the molecule is CCOc1c(Cl)cc(-c2noc(-c3ccc(-n4cnnn4)cc3)n2)cc1OC. The summed E-state index contributed by atoms with van der Waals surface area (Å²) in [6.07, 6.45) is 1.52. The smallest absolute Gasteiger partial charge is 0.258 e. The van der Waals surface area contributed by atoms with Crippen LogP contribution >= 0.6 is 11.6 Å². The van der Waals surface area contributed by atoms with Gasteiger partial charge in [0.05, 0.1) is 24.4 Å². The molecule has 142 valence electrons. The summed E-state index contributed by atoms with van der Waals surface area (Å²) in [6, 6.07) is 10.9. The molecule has 0 saturated heterocycles. The molecule has 0 aliphatic carbocycles. The molecule has 0 N–H and O–H groups in total. The Labute approximate surface area is 164 Å². The van der Waals surface area contributed by atoms with Crippen LogP contribution in [0.1, 0.15) is 6.92 Å². The van der Waals surface area contributed by atoms with Gasteiger partial charge in [0.2, 0.25) is 5.82 Å². The van der Waals surface area contributed by atoms with Crippen molar-refractivity contribution in [1.82, 2.24) is 30.3 Å². The van der Waals surface area contributed by atoms with Crippen LogP contribution in [0.25, 0.3) is 28.5 Å². The lowest BCUT2D eigenvalue weighted by Crippen LogP contribution is -1.97. The zero-order valence-electron chi connectivity index (χ0n) is 15.0. The molecule has 28 heavy (non-hydrogen) atoms. The van der Waals surface area contributed by atoms with Crippen molar-refractivity contribution in [3.8, 4) is 40.0 Å². The van der Waals surface area contributed by atoms with Crippen LogP contribution in [0.5, 0.6) is 11.5 Å². The molecule has 9 nitrogen and oxygen atoms in total. The van der Waals surface area contributed by atoms with Gasteiger partial charge in [0.1, 0.15) is 6.33 Å². The quantitative estimate of drug-likeness (QED) is 0.486. The summed E-state index contributed by atoms with van der Waals surface area (Å²) >= 11 is 6.32. The van der Waals surface area contributed by atoms with Crippen LogP contribution in [0.4, 0.5) is 0 Å². The number of aromatic nitrogens is 6. The van der Waals surface area contributed by atoms with E-state index < -0.39 is 0 Å². The normalized spacial score (nSPS) is 10.8. The minimum absolute atomic E-state index is 0.377. The Balaban J connectivity index is 1.63. The lowest BCUT2D eigenvalue weighted by Gasteiger charge is -2.11. The predicted octanol–water partition coefficient (Wildman–Crippen LogP) is 3.44. The second-order valence-electron chi connectivity index (χ2n) is 5.65. The van der Waals surface area contributed by atoms with Gasteiger partial charge >= 0.3 is 0 Å². The number of ether oxygens (including phenoxy) is 2. The number of nitrogens with zero attached hydrogens (tertiary/aromatic N) is 6. The fourth-order valence-corrected chi connectivity index (χ4v) is 2.89. The zero-order valence-corrected chi connectivity index (χ0v) is 15.8. The fraction of sp³-hybridized carbons (Fsp3) is 0.167. The van der Waals surface area contributed by atoms with E-state index in [9.17, 15) is 0 Å². The number of tetrazole rings is 1. The standard InChI is InChI=1S/C18H15ClN6O3/c1-3-27-16-14(19)8-12(9-15(16)26-2)17-21-18(28-22-17)11-4-6-13(7-5-11)25-10-20-23-24-25/h4-10H,3H2,1-2H3. The Bertz CT molecular complexity index is 1080. The highest BCUT2D eigenvalue weighted by Crippen LogP contribution is 2.39. The van der Waals surface area contributed by atoms with E-state index in [1.54, 1.807) is 23.9 Å². The van der Waals surface area contributed by atoms with Gasteiger partial charge in [0.15, 0.2) is 11.5 Å². The predicted molar refractivity (Wildman–Crippen MR) is 101 cm³/mol. The summed E-state index contributed by atoms with van der Waals surface area (Å²) in [5, 5.41) is 15.5. The van der Waals surface area contributed by atoms with Gasteiger partial charge < -0.3 is 14.0 Å². The van der Waals surface area contributed by atoms with Crippen molar-refractivity contribution in [2.24, 2.45) is 0 Å². The van der Waals surface area contributed by atoms with Crippen LogP contribution in [0, 0.1) is 0 Å². The molecule has 0 bridgehead atoms. The summed E-state index contributed by atoms with van der Waals surface area (Å²) in [5.74, 6) is 1.75. The molecule has 4 aromatic rings. The summed E-state index contributed by atoms with van der Waals surface area (Å²) in [7, 11) is 1.55. The van der Waals surface area contributed by atoms with E-state index in [0.717, 1.165) is 11.3 Å². The molecular weight excluding hydrogens is 384 g/mol. The van der Waals surface area contributed by atoms with Crippen molar-refractivity contribution in [3.63, 3.8) is 0 Å². The van der Waals surface area contributed by atoms with Crippen molar-refractivity contribution in [2.45, 2.75) is 6.92 Å². The molecule has 2 aromatic heterocycles. The summed E-state index contributed by atoms with van der Waals surface area (Å²) < 4.78 is 17.9. The second kappa shape index (κ2) is 7.65. The Morgan fingerprint density at radius 3 is 2.64 bits per heavy atom. The monoisotopic (exact) mass is 398 g/mol. The average Bonchev–Trinajstić information content (AvgIpc) is 3.42. The molecule has 2 heterocycles. The van der Waals surface area contributed by atoms with Crippen LogP contribution in [0.2, 0.25) is 5.02 Å². The molecule has 2 aromatic carbocycles. The number of benzene rings is 2. The van der Waals surface area contributed by atoms with Crippen molar-refractivity contribution in [2.75, 3.05) is 13.7 Å². The third kappa shape index (κ3) is 3.39. The number of hydrogen-bond acceptors (Lipinski definition) is 8. The van der Waals surface area contributed by atoms with Crippen LogP contribution in [-0.2, 0) is 0 Å². The van der Waals surface area contributed by atoms with Crippen LogP contribution in [-0.4, -0.2) is 44.1 Å². The highest BCUT2D eigenvalue weighted by atomic mass is 35.5. The molecule has 0 radical (unpaired) electrons. The van der Waals surface area contributed by atoms with Gasteiger partial charge in [-0.2, -0.15) is 4.98 Å². The molecule has 0 aliphatic rings. The molecular formula is C18H15ClN6O3. The highest BCUT2D eigenvalue weighted by Gasteiger charge is 2.17. The molecule has 0 fully saturated rings. The van der Waals surface area contributed by atoms with Gasteiger partial charge in [0.25, 0.3) is 5.89 Å². The first-order valence-corrected chi connectivity index (χ1v) is 8.75. The molecule has 0 atom stereocenters. The maximum Gasteiger partial charge on any atom is 0.258 e. The Kier molecular flexibility index (Phi) is 4.90. The van der Waals surface area contributed by atoms with Crippen molar-refractivity contribution in [3.05, 3.63) is 47.7 Å². The third-order valence-electron chi connectivity index (χ3n) is 3.93. The van der Waals surface area contributed by atoms with E-state index in [0.29, 0.717) is 40.4 Å². The Morgan fingerprint density at radius 1 is 1.14 bits per heavy atom. The third-order valence-corrected chi connectivity index (χ3v) is 4.21. The van der Waals surface area contributed by atoms with E-state index in [4.69, 9.17) is 25.6 Å². The molecule has 0 unspecified atom stereocenters. The minimum atomic E-state index is 0.377. The first-order chi connectivity index (χ1) is 13.7. The van der Waals surface area contributed by atoms with Crippen LogP contribution < -0.4 is 9.47 Å². The maximum absolute atomic E-state index is 6.32. The van der Waals surface area contributed by atoms with Crippen molar-refractivity contribution < 1.29 is 14.0 Å². The number of methoxy groups -OCH3 is 1. The summed E-state index contributed by atoms with van der Waals surface area (Å²) in [6.45, 7) is 2.35. The molecule has 0 aliphatic heterocycles. The van der Waals surface area contributed by atoms with Crippen molar-refractivity contribution in [1.29, 1.82) is 0 Å². The van der Waals surface area contributed by atoms with E-state index >= 15 is 0 Å². The van der Waals surface area contributed by atoms with Gasteiger partial charge in [0, 0.05) is 11.1 Å². The topological polar surface area (TPSA) is 101 Å². The van der Waals surface area contributed by atoms with Gasteiger partial charge in [-0.05, 0) is 53.7 Å². The van der Waals surface area contributed by atoms with Crippen LogP contribution in [0.3, 0.4) is 0 Å². The van der Waals surface area contributed by atoms with Crippen molar-refractivity contribution >= 4 is 11.6 Å². The molecule has 4 rings (SSSR count). The second-order valence-corrected chi connectivity index (χ2v) is 6.05. The summed E-state index contributed by atoms with van der Waals surface area (Å²) in [5.41, 5.74) is 2.24. The van der Waals surface area contributed by atoms with Crippen LogP contribution in [0.15, 0.2) is 47.2 Å². The fourth-order valence-electron chi connectivity index (χ4n) is 2.63. The maximum atomic E-state index is 6.32. The molecule has 0 amide bonds. The Hall–Kier alpha value is -3.46. The van der Waals surface area contributed by atoms with Gasteiger partial charge in [-0.25, -0.2) is 4.68 Å². The van der Waals surface area contributed by atoms with Gasteiger partial charge in [-0.15, -0.1) is 5.10 Å². The first-order valence-electron chi connectivity index (χ1n) is 8.37. The van der Waals surface area contributed by atoms with E-state index in [-0.39, 0.29) is 0 Å². The van der Waals surface area contributed by atoms with Gasteiger partial charge in [-0.1, -0.05) is 16.8 Å². The molecule has 0 saturated carbocycles. The van der Waals surface area contributed by atoms with E-state index in [2.05, 4.69) is 25.7 Å². The highest BCUT2D eigenvalue weighted by molar-refractivity contribution is 6.32. The molecule has 10 heteroatoms. The zero-order chi connectivity index (χ0) is 19.5. The lowest BCUT2D eigenvalue weighted by atomic mass is 10.2. The largest absolute Gasteiger partial charge is 0.493 e. The molecule has 0 spiro atoms.